The molecule has 1 aromatic carbocycles. The summed E-state index contributed by atoms with van der Waals surface area (Å²) in [6.07, 6.45) is 1.64. The molecule has 5 heteroatoms. The zero-order valence-corrected chi connectivity index (χ0v) is 12.0. The van der Waals surface area contributed by atoms with Crippen LogP contribution >= 0.6 is 11.6 Å². The Balaban J connectivity index is 1.92. The third kappa shape index (κ3) is 3.77. The summed E-state index contributed by atoms with van der Waals surface area (Å²) in [5, 5.41) is 4.84. The first-order valence-electron chi connectivity index (χ1n) is 6.30. The molecule has 104 valence electrons. The molecule has 0 amide bonds. The lowest BCUT2D eigenvalue weighted by Crippen LogP contribution is -2.10. The van der Waals surface area contributed by atoms with Gasteiger partial charge in [0.15, 0.2) is 0 Å². The van der Waals surface area contributed by atoms with Gasteiger partial charge in [0.2, 0.25) is 0 Å². The molecule has 0 atom stereocenters. The van der Waals surface area contributed by atoms with Crippen molar-refractivity contribution in [2.45, 2.75) is 13.5 Å². The third-order valence-electron chi connectivity index (χ3n) is 2.78. The Morgan fingerprint density at radius 1 is 1.45 bits per heavy atom. The lowest BCUT2D eigenvalue weighted by molar-refractivity contribution is 0.290. The Kier molecular flexibility index (Phi) is 5.05. The second-order valence-electron chi connectivity index (χ2n) is 4.18. The van der Waals surface area contributed by atoms with Crippen LogP contribution in [0.1, 0.15) is 11.3 Å². The molecule has 0 saturated carbocycles. The van der Waals surface area contributed by atoms with Crippen LogP contribution in [0.2, 0.25) is 5.02 Å². The Labute approximate surface area is 123 Å². The van der Waals surface area contributed by atoms with Crippen LogP contribution in [0, 0.1) is 18.8 Å². The zero-order chi connectivity index (χ0) is 14.4. The number of benzene rings is 1. The summed E-state index contributed by atoms with van der Waals surface area (Å²) < 4.78 is 7.51. The Morgan fingerprint density at radius 2 is 2.30 bits per heavy atom. The van der Waals surface area contributed by atoms with Crippen molar-refractivity contribution in [1.29, 1.82) is 0 Å². The molecule has 0 unspecified atom stereocenters. The molecule has 2 aromatic rings. The van der Waals surface area contributed by atoms with Crippen LogP contribution in [0.25, 0.3) is 0 Å². The Bertz CT molecular complexity index is 640. The molecule has 0 fully saturated rings. The summed E-state index contributed by atoms with van der Waals surface area (Å²) in [6.45, 7) is 3.45. The third-order valence-corrected chi connectivity index (χ3v) is 3.16. The highest BCUT2D eigenvalue weighted by molar-refractivity contribution is 6.31. The van der Waals surface area contributed by atoms with E-state index in [9.17, 15) is 0 Å². The van der Waals surface area contributed by atoms with Gasteiger partial charge >= 0.3 is 0 Å². The summed E-state index contributed by atoms with van der Waals surface area (Å²) in [5.41, 5.74) is 7.19. The largest absolute Gasteiger partial charge is 0.492 e. The zero-order valence-electron chi connectivity index (χ0n) is 11.3. The van der Waals surface area contributed by atoms with Crippen LogP contribution in [0.15, 0.2) is 30.5 Å². The molecule has 1 aromatic heterocycles. The quantitative estimate of drug-likeness (QED) is 0.878. The van der Waals surface area contributed by atoms with Gasteiger partial charge in [0.1, 0.15) is 12.4 Å². The summed E-state index contributed by atoms with van der Waals surface area (Å²) in [7, 11) is 0. The predicted octanol–water partition coefficient (Wildman–Crippen LogP) is 2.23. The number of halogens is 1. The average Bonchev–Trinajstić information content (AvgIpc) is 2.78. The predicted molar refractivity (Wildman–Crippen MR) is 79.8 cm³/mol. The van der Waals surface area contributed by atoms with Crippen molar-refractivity contribution < 1.29 is 4.74 Å². The second-order valence-corrected chi connectivity index (χ2v) is 4.59. The molecular formula is C15H16ClN3O. The lowest BCUT2D eigenvalue weighted by Gasteiger charge is -2.08. The van der Waals surface area contributed by atoms with Gasteiger partial charge in [0, 0.05) is 5.56 Å². The minimum atomic E-state index is 0.352. The highest BCUT2D eigenvalue weighted by Crippen LogP contribution is 2.14. The summed E-state index contributed by atoms with van der Waals surface area (Å²) in [4.78, 5) is 0. The molecule has 2 N–H and O–H groups in total. The monoisotopic (exact) mass is 289 g/mol. The lowest BCUT2D eigenvalue weighted by atomic mass is 10.2. The first-order chi connectivity index (χ1) is 9.70. The van der Waals surface area contributed by atoms with Crippen molar-refractivity contribution in [2.24, 2.45) is 5.73 Å². The molecule has 1 heterocycles. The minimum absolute atomic E-state index is 0.352. The van der Waals surface area contributed by atoms with Crippen molar-refractivity contribution in [3.05, 3.63) is 46.7 Å². The summed E-state index contributed by atoms with van der Waals surface area (Å²) in [5.74, 6) is 6.57. The number of hydrogen-bond donors (Lipinski definition) is 1. The molecule has 4 nitrogen and oxygen atoms in total. The van der Waals surface area contributed by atoms with Crippen LogP contribution in [0.4, 0.5) is 0 Å². The van der Waals surface area contributed by atoms with Crippen LogP contribution < -0.4 is 10.5 Å². The first kappa shape index (κ1) is 14.4. The average molecular weight is 290 g/mol. The molecule has 0 bridgehead atoms. The van der Waals surface area contributed by atoms with E-state index < -0.39 is 0 Å². The van der Waals surface area contributed by atoms with E-state index in [0.717, 1.165) is 17.0 Å². The fourth-order valence-electron chi connectivity index (χ4n) is 1.72. The van der Waals surface area contributed by atoms with Crippen molar-refractivity contribution in [1.82, 2.24) is 9.78 Å². The van der Waals surface area contributed by atoms with Gasteiger partial charge < -0.3 is 10.5 Å². The van der Waals surface area contributed by atoms with E-state index in [-0.39, 0.29) is 0 Å². The number of nitrogens with two attached hydrogens (primary N) is 1. The normalized spacial score (nSPS) is 9.95. The van der Waals surface area contributed by atoms with E-state index in [1.165, 1.54) is 0 Å². The van der Waals surface area contributed by atoms with Gasteiger partial charge in [-0.05, 0) is 25.1 Å². The van der Waals surface area contributed by atoms with E-state index in [0.29, 0.717) is 24.7 Å². The van der Waals surface area contributed by atoms with Gasteiger partial charge in [-0.25, -0.2) is 0 Å². The van der Waals surface area contributed by atoms with Gasteiger partial charge in [-0.2, -0.15) is 5.10 Å². The number of aromatic nitrogens is 2. The number of nitrogens with zero attached hydrogens (tertiary/aromatic N) is 2. The molecule has 0 spiro atoms. The van der Waals surface area contributed by atoms with Crippen LogP contribution in [0.5, 0.6) is 5.75 Å². The molecule has 20 heavy (non-hydrogen) atoms. The first-order valence-corrected chi connectivity index (χ1v) is 6.68. The van der Waals surface area contributed by atoms with Gasteiger partial charge in [-0.1, -0.05) is 29.5 Å². The second kappa shape index (κ2) is 6.99. The standard InChI is InChI=1S/C15H16ClN3O/c1-12-15(16)11-18-19(12)8-9-20-14-6-2-4-13(10-14)5-3-7-17/h2,4,6,10-11H,7-9,17H2,1H3. The molecule has 0 aliphatic rings. The molecule has 2 rings (SSSR count). The fourth-order valence-corrected chi connectivity index (χ4v) is 1.86. The van der Waals surface area contributed by atoms with Crippen molar-refractivity contribution in [3.63, 3.8) is 0 Å². The number of ether oxygens (including phenoxy) is 1. The summed E-state index contributed by atoms with van der Waals surface area (Å²) in [6, 6.07) is 7.63. The number of hydrogen-bond acceptors (Lipinski definition) is 3. The fraction of sp³-hybridized carbons (Fsp3) is 0.267. The van der Waals surface area contributed by atoms with E-state index in [1.807, 2.05) is 35.9 Å². The Hall–Kier alpha value is -1.96. The minimum Gasteiger partial charge on any atom is -0.492 e. The molecule has 0 saturated heterocycles. The van der Waals surface area contributed by atoms with Crippen LogP contribution in [-0.2, 0) is 6.54 Å². The van der Waals surface area contributed by atoms with E-state index in [1.54, 1.807) is 6.20 Å². The molecular weight excluding hydrogens is 274 g/mol. The maximum absolute atomic E-state index is 5.95. The molecule has 0 aliphatic heterocycles. The van der Waals surface area contributed by atoms with Crippen LogP contribution in [-0.4, -0.2) is 22.9 Å². The van der Waals surface area contributed by atoms with Gasteiger partial charge in [0.25, 0.3) is 0 Å². The van der Waals surface area contributed by atoms with Gasteiger partial charge in [-0.3, -0.25) is 4.68 Å². The maximum atomic E-state index is 5.95. The van der Waals surface area contributed by atoms with Crippen LogP contribution in [0.3, 0.4) is 0 Å². The highest BCUT2D eigenvalue weighted by Gasteiger charge is 2.03. The molecule has 0 radical (unpaired) electrons. The smallest absolute Gasteiger partial charge is 0.120 e. The maximum Gasteiger partial charge on any atom is 0.120 e. The van der Waals surface area contributed by atoms with Gasteiger partial charge in [0.05, 0.1) is 30.0 Å². The molecule has 0 aliphatic carbocycles. The van der Waals surface area contributed by atoms with E-state index in [2.05, 4.69) is 16.9 Å². The van der Waals surface area contributed by atoms with Crippen molar-refractivity contribution in [3.8, 4) is 17.6 Å². The van der Waals surface area contributed by atoms with Crippen molar-refractivity contribution in [2.75, 3.05) is 13.2 Å². The summed E-state index contributed by atoms with van der Waals surface area (Å²) >= 11 is 5.95. The topological polar surface area (TPSA) is 53.1 Å². The van der Waals surface area contributed by atoms with Crippen molar-refractivity contribution >= 4 is 11.6 Å². The van der Waals surface area contributed by atoms with E-state index in [4.69, 9.17) is 22.1 Å². The SMILES string of the molecule is Cc1c(Cl)cnn1CCOc1cccc(C#CCN)c1. The van der Waals surface area contributed by atoms with Gasteiger partial charge in [-0.15, -0.1) is 0 Å². The highest BCUT2D eigenvalue weighted by atomic mass is 35.5. The number of rotatable bonds is 4. The van der Waals surface area contributed by atoms with E-state index >= 15 is 0 Å². The Morgan fingerprint density at radius 3 is 3.00 bits per heavy atom.